The van der Waals surface area contributed by atoms with E-state index < -0.39 is 27.9 Å². The van der Waals surface area contributed by atoms with Crippen LogP contribution in [0.4, 0.5) is 0 Å². The van der Waals surface area contributed by atoms with Crippen molar-refractivity contribution in [3.63, 3.8) is 0 Å². The average molecular weight is 372 g/mol. The Bertz CT molecular complexity index is 660. The highest BCUT2D eigenvalue weighted by Gasteiger charge is 2.36. The lowest BCUT2D eigenvalue weighted by Gasteiger charge is -2.30. The standard InChI is InChI=1S/C16H24N2O6S/c1-2-25(23,24)11-12(17-9-3-5-14(17)19)7-8-13(16(21)22)18-10-4-6-15(18)20/h2,12-13H,1,3-11H2,(H,21,22). The highest BCUT2D eigenvalue weighted by Crippen LogP contribution is 2.23. The molecule has 2 fully saturated rings. The first kappa shape index (κ1) is 19.4. The van der Waals surface area contributed by atoms with Crippen LogP contribution in [0.5, 0.6) is 0 Å². The molecule has 0 aromatic heterocycles. The third-order valence-corrected chi connectivity index (χ3v) is 6.13. The van der Waals surface area contributed by atoms with Gasteiger partial charge < -0.3 is 14.9 Å². The van der Waals surface area contributed by atoms with Crippen LogP contribution in [0, 0.1) is 0 Å². The smallest absolute Gasteiger partial charge is 0.326 e. The molecule has 2 aliphatic heterocycles. The van der Waals surface area contributed by atoms with Crippen molar-refractivity contribution in [3.05, 3.63) is 12.0 Å². The molecule has 140 valence electrons. The van der Waals surface area contributed by atoms with Crippen LogP contribution in [0.3, 0.4) is 0 Å². The molecule has 2 saturated heterocycles. The van der Waals surface area contributed by atoms with Crippen LogP contribution in [0.1, 0.15) is 38.5 Å². The number of hydrogen-bond donors (Lipinski definition) is 1. The minimum absolute atomic E-state index is 0.113. The first-order valence-electron chi connectivity index (χ1n) is 8.42. The SMILES string of the molecule is C=CS(=O)(=O)CC(CCC(C(=O)O)N1CCCC1=O)N1CCCC1=O. The predicted molar refractivity (Wildman–Crippen MR) is 90.3 cm³/mol. The summed E-state index contributed by atoms with van der Waals surface area (Å²) in [5.41, 5.74) is 0. The summed E-state index contributed by atoms with van der Waals surface area (Å²) >= 11 is 0. The van der Waals surface area contributed by atoms with Crippen molar-refractivity contribution >= 4 is 27.6 Å². The van der Waals surface area contributed by atoms with E-state index >= 15 is 0 Å². The van der Waals surface area contributed by atoms with Gasteiger partial charge in [0.2, 0.25) is 11.8 Å². The molecule has 0 aliphatic carbocycles. The zero-order chi connectivity index (χ0) is 18.6. The average Bonchev–Trinajstić information content (AvgIpc) is 3.15. The van der Waals surface area contributed by atoms with Gasteiger partial charge >= 0.3 is 5.97 Å². The number of carbonyl (C=O) groups is 3. The molecule has 2 heterocycles. The van der Waals surface area contributed by atoms with E-state index in [1.165, 1.54) is 9.80 Å². The second-order valence-corrected chi connectivity index (χ2v) is 8.46. The summed E-state index contributed by atoms with van der Waals surface area (Å²) in [7, 11) is -3.54. The summed E-state index contributed by atoms with van der Waals surface area (Å²) < 4.78 is 23.8. The van der Waals surface area contributed by atoms with E-state index in [1.54, 1.807) is 0 Å². The number of sulfone groups is 1. The Kier molecular flexibility index (Phi) is 6.21. The number of amides is 2. The van der Waals surface area contributed by atoms with E-state index in [0.29, 0.717) is 38.8 Å². The van der Waals surface area contributed by atoms with E-state index in [4.69, 9.17) is 0 Å². The highest BCUT2D eigenvalue weighted by atomic mass is 32.2. The fraction of sp³-hybridized carbons (Fsp3) is 0.688. The Labute approximate surface area is 147 Å². The minimum atomic E-state index is -3.54. The van der Waals surface area contributed by atoms with Gasteiger partial charge in [0.25, 0.3) is 0 Å². The van der Waals surface area contributed by atoms with Gasteiger partial charge in [-0.1, -0.05) is 6.58 Å². The van der Waals surface area contributed by atoms with Gasteiger partial charge in [-0.15, -0.1) is 0 Å². The molecule has 0 radical (unpaired) electrons. The Morgan fingerprint density at radius 2 is 1.68 bits per heavy atom. The number of likely N-dealkylation sites (tertiary alicyclic amines) is 2. The van der Waals surface area contributed by atoms with E-state index in [9.17, 15) is 27.9 Å². The molecule has 2 rings (SSSR count). The number of aliphatic carboxylic acids is 1. The third-order valence-electron chi connectivity index (χ3n) is 4.77. The van der Waals surface area contributed by atoms with Gasteiger partial charge in [-0.2, -0.15) is 0 Å². The van der Waals surface area contributed by atoms with E-state index in [-0.39, 0.29) is 30.4 Å². The zero-order valence-electron chi connectivity index (χ0n) is 14.1. The Morgan fingerprint density at radius 3 is 2.12 bits per heavy atom. The summed E-state index contributed by atoms with van der Waals surface area (Å²) in [6.45, 7) is 4.15. The molecular formula is C16H24N2O6S. The van der Waals surface area contributed by atoms with Gasteiger partial charge in [0, 0.05) is 37.4 Å². The molecule has 0 aromatic rings. The van der Waals surface area contributed by atoms with Crippen LogP contribution < -0.4 is 0 Å². The third kappa shape index (κ3) is 4.81. The molecule has 0 aromatic carbocycles. The number of carboxylic acid groups (broad SMARTS) is 1. The minimum Gasteiger partial charge on any atom is -0.480 e. The summed E-state index contributed by atoms with van der Waals surface area (Å²) in [4.78, 5) is 38.3. The van der Waals surface area contributed by atoms with Gasteiger partial charge in [-0.25, -0.2) is 13.2 Å². The molecule has 8 nitrogen and oxygen atoms in total. The lowest BCUT2D eigenvalue weighted by atomic mass is 10.0. The van der Waals surface area contributed by atoms with Gasteiger partial charge in [0.1, 0.15) is 6.04 Å². The van der Waals surface area contributed by atoms with Crippen LogP contribution in [0.15, 0.2) is 12.0 Å². The largest absolute Gasteiger partial charge is 0.480 e. The van der Waals surface area contributed by atoms with E-state index in [2.05, 4.69) is 6.58 Å². The molecule has 2 unspecified atom stereocenters. The first-order chi connectivity index (χ1) is 11.7. The monoisotopic (exact) mass is 372 g/mol. The van der Waals surface area contributed by atoms with Crippen LogP contribution >= 0.6 is 0 Å². The van der Waals surface area contributed by atoms with Gasteiger partial charge in [0.15, 0.2) is 9.84 Å². The van der Waals surface area contributed by atoms with Gasteiger partial charge in [-0.3, -0.25) is 9.59 Å². The second-order valence-electron chi connectivity index (χ2n) is 6.46. The Balaban J connectivity index is 2.11. The maximum absolute atomic E-state index is 12.0. The number of carbonyl (C=O) groups excluding carboxylic acids is 2. The van der Waals surface area contributed by atoms with Crippen LogP contribution in [-0.2, 0) is 24.2 Å². The molecule has 2 amide bonds. The maximum Gasteiger partial charge on any atom is 0.326 e. The van der Waals surface area contributed by atoms with Crippen molar-refractivity contribution in [2.75, 3.05) is 18.8 Å². The maximum atomic E-state index is 12.0. The van der Waals surface area contributed by atoms with Crippen LogP contribution in [0.25, 0.3) is 0 Å². The molecule has 0 spiro atoms. The van der Waals surface area contributed by atoms with Crippen molar-refractivity contribution in [2.45, 2.75) is 50.6 Å². The molecule has 2 aliphatic rings. The van der Waals surface area contributed by atoms with Crippen molar-refractivity contribution in [1.82, 2.24) is 9.80 Å². The van der Waals surface area contributed by atoms with E-state index in [0.717, 1.165) is 5.41 Å². The summed E-state index contributed by atoms with van der Waals surface area (Å²) in [5.74, 6) is -1.69. The molecule has 2 atom stereocenters. The molecule has 9 heteroatoms. The predicted octanol–water partition coefficient (Wildman–Crippen LogP) is 0.392. The summed E-state index contributed by atoms with van der Waals surface area (Å²) in [5, 5.41) is 10.3. The molecule has 25 heavy (non-hydrogen) atoms. The lowest BCUT2D eigenvalue weighted by molar-refractivity contribution is -0.148. The number of carboxylic acids is 1. The van der Waals surface area contributed by atoms with Crippen molar-refractivity contribution < 1.29 is 27.9 Å². The fourth-order valence-electron chi connectivity index (χ4n) is 3.48. The lowest BCUT2D eigenvalue weighted by Crippen LogP contribution is -2.45. The quantitative estimate of drug-likeness (QED) is 0.627. The number of nitrogens with zero attached hydrogens (tertiary/aromatic N) is 2. The van der Waals surface area contributed by atoms with Crippen molar-refractivity contribution in [1.29, 1.82) is 0 Å². The van der Waals surface area contributed by atoms with Crippen molar-refractivity contribution in [2.24, 2.45) is 0 Å². The van der Waals surface area contributed by atoms with Crippen LogP contribution in [0.2, 0.25) is 0 Å². The topological polar surface area (TPSA) is 112 Å². The number of rotatable bonds is 9. The molecule has 0 saturated carbocycles. The summed E-state index contributed by atoms with van der Waals surface area (Å²) in [6, 6.07) is -1.58. The highest BCUT2D eigenvalue weighted by molar-refractivity contribution is 7.94. The molecule has 1 N–H and O–H groups in total. The molecular weight excluding hydrogens is 348 g/mol. The Morgan fingerprint density at radius 1 is 1.12 bits per heavy atom. The van der Waals surface area contributed by atoms with E-state index in [1.807, 2.05) is 0 Å². The van der Waals surface area contributed by atoms with Gasteiger partial charge in [0.05, 0.1) is 5.75 Å². The van der Waals surface area contributed by atoms with Crippen molar-refractivity contribution in [3.8, 4) is 0 Å². The fourth-order valence-corrected chi connectivity index (χ4v) is 4.50. The molecule has 0 bridgehead atoms. The number of hydrogen-bond acceptors (Lipinski definition) is 5. The first-order valence-corrected chi connectivity index (χ1v) is 10.1. The normalized spacial score (nSPS) is 20.8. The van der Waals surface area contributed by atoms with Crippen LogP contribution in [-0.4, -0.2) is 72.0 Å². The summed E-state index contributed by atoms with van der Waals surface area (Å²) in [6.07, 6.45) is 2.32. The zero-order valence-corrected chi connectivity index (χ0v) is 14.9. The second kappa shape index (κ2) is 7.99. The Hall–Kier alpha value is -1.90. The van der Waals surface area contributed by atoms with Gasteiger partial charge in [-0.05, 0) is 25.7 Å².